The standard InChI is InChI=1S/C28H32ClN9O2/c1-15-17(3)38(14-18-12-30-37(7)13-18)25-21(15)23(19-8-10-20(29)11-9-19)22(16(2)31-25)24(40-28(4,5)6)26(39)32-27-33-35-36-34-27/h8-13,24H,14H2,1-7H3,(H2,32,33,34,35,36,39). The molecule has 1 atom stereocenters. The van der Waals surface area contributed by atoms with E-state index in [0.29, 0.717) is 22.8 Å². The Morgan fingerprint density at radius 2 is 1.90 bits per heavy atom. The fourth-order valence-corrected chi connectivity index (χ4v) is 5.08. The quantitative estimate of drug-likeness (QED) is 0.284. The van der Waals surface area contributed by atoms with Crippen molar-refractivity contribution in [1.29, 1.82) is 0 Å². The van der Waals surface area contributed by atoms with E-state index in [-0.39, 0.29) is 5.95 Å². The zero-order valence-corrected chi connectivity index (χ0v) is 24.3. The second-order valence-electron chi connectivity index (χ2n) is 10.8. The number of aromatic nitrogens is 8. The van der Waals surface area contributed by atoms with E-state index in [4.69, 9.17) is 21.3 Å². The average molecular weight is 562 g/mol. The SMILES string of the molecule is Cc1nc2c(c(C)c(C)n2Cc2cnn(C)c2)c(-c2ccc(Cl)cc2)c1C(OC(C)(C)C)C(=O)Nc1nn[nH]n1. The Morgan fingerprint density at radius 3 is 2.50 bits per heavy atom. The normalized spacial score (nSPS) is 12.7. The molecule has 1 aromatic carbocycles. The summed E-state index contributed by atoms with van der Waals surface area (Å²) >= 11 is 6.28. The molecule has 0 saturated heterocycles. The molecule has 0 saturated carbocycles. The number of tetrazole rings is 1. The molecule has 0 aliphatic rings. The topological polar surface area (TPSA) is 128 Å². The van der Waals surface area contributed by atoms with E-state index >= 15 is 0 Å². The molecule has 2 N–H and O–H groups in total. The van der Waals surface area contributed by atoms with Gasteiger partial charge in [-0.3, -0.25) is 14.8 Å². The molecular formula is C28H32ClN9O2. The molecule has 0 spiro atoms. The first-order chi connectivity index (χ1) is 18.9. The van der Waals surface area contributed by atoms with Crippen molar-refractivity contribution in [3.63, 3.8) is 0 Å². The predicted molar refractivity (Wildman–Crippen MR) is 153 cm³/mol. The van der Waals surface area contributed by atoms with E-state index in [1.807, 2.05) is 71.4 Å². The van der Waals surface area contributed by atoms with Crippen LogP contribution in [-0.2, 0) is 23.1 Å². The van der Waals surface area contributed by atoms with Crippen LogP contribution in [0.15, 0.2) is 36.7 Å². The number of fused-ring (bicyclic) bond motifs is 1. The minimum Gasteiger partial charge on any atom is -0.358 e. The summed E-state index contributed by atoms with van der Waals surface area (Å²) in [6.07, 6.45) is 2.83. The Morgan fingerprint density at radius 1 is 1.18 bits per heavy atom. The minimum absolute atomic E-state index is 0.0573. The number of nitrogens with zero attached hydrogens (tertiary/aromatic N) is 7. The number of pyridine rings is 1. The number of anilines is 1. The Hall–Kier alpha value is -4.09. The van der Waals surface area contributed by atoms with Crippen molar-refractivity contribution in [2.75, 3.05) is 5.32 Å². The molecular weight excluding hydrogens is 530 g/mol. The highest BCUT2D eigenvalue weighted by atomic mass is 35.5. The van der Waals surface area contributed by atoms with Crippen molar-refractivity contribution < 1.29 is 9.53 Å². The molecule has 1 amide bonds. The average Bonchev–Trinajstić information content (AvgIpc) is 3.60. The lowest BCUT2D eigenvalue weighted by Crippen LogP contribution is -2.32. The zero-order chi connectivity index (χ0) is 28.8. The number of halogens is 1. The number of hydrogen-bond donors (Lipinski definition) is 2. The van der Waals surface area contributed by atoms with Crippen LogP contribution in [0.3, 0.4) is 0 Å². The lowest BCUT2D eigenvalue weighted by Gasteiger charge is -2.29. The summed E-state index contributed by atoms with van der Waals surface area (Å²) < 4.78 is 10.4. The maximum atomic E-state index is 13.8. The molecule has 208 valence electrons. The number of H-pyrrole nitrogens is 1. The van der Waals surface area contributed by atoms with Gasteiger partial charge in [0.1, 0.15) is 5.65 Å². The van der Waals surface area contributed by atoms with Gasteiger partial charge in [-0.25, -0.2) is 4.98 Å². The van der Waals surface area contributed by atoms with E-state index in [2.05, 4.69) is 49.5 Å². The summed E-state index contributed by atoms with van der Waals surface area (Å²) in [6.45, 7) is 12.4. The number of nitrogens with one attached hydrogen (secondary N) is 2. The molecule has 4 aromatic heterocycles. The van der Waals surface area contributed by atoms with Crippen LogP contribution in [0.2, 0.25) is 5.02 Å². The van der Waals surface area contributed by atoms with Crippen LogP contribution in [0.25, 0.3) is 22.2 Å². The molecule has 12 heteroatoms. The van der Waals surface area contributed by atoms with Crippen LogP contribution < -0.4 is 5.32 Å². The second kappa shape index (κ2) is 10.5. The summed E-state index contributed by atoms with van der Waals surface area (Å²) in [6, 6.07) is 7.60. The summed E-state index contributed by atoms with van der Waals surface area (Å²) in [5.41, 5.74) is 6.44. The van der Waals surface area contributed by atoms with E-state index in [9.17, 15) is 4.79 Å². The van der Waals surface area contributed by atoms with Crippen LogP contribution in [0.4, 0.5) is 5.95 Å². The van der Waals surface area contributed by atoms with Gasteiger partial charge in [0, 0.05) is 51.7 Å². The summed E-state index contributed by atoms with van der Waals surface area (Å²) in [5.74, 6) is -0.373. The number of rotatable bonds is 7. The highest BCUT2D eigenvalue weighted by Gasteiger charge is 2.34. The summed E-state index contributed by atoms with van der Waals surface area (Å²) in [4.78, 5) is 18.9. The Bertz CT molecular complexity index is 1680. The monoisotopic (exact) mass is 561 g/mol. The van der Waals surface area contributed by atoms with E-state index < -0.39 is 17.6 Å². The van der Waals surface area contributed by atoms with Gasteiger partial charge in [-0.05, 0) is 70.0 Å². The predicted octanol–water partition coefficient (Wildman–Crippen LogP) is 5.07. The smallest absolute Gasteiger partial charge is 0.269 e. The van der Waals surface area contributed by atoms with Crippen LogP contribution >= 0.6 is 11.6 Å². The molecule has 40 heavy (non-hydrogen) atoms. The van der Waals surface area contributed by atoms with E-state index in [1.165, 1.54) is 0 Å². The molecule has 5 aromatic rings. The van der Waals surface area contributed by atoms with Crippen molar-refractivity contribution in [3.05, 3.63) is 69.8 Å². The third kappa shape index (κ3) is 5.34. The number of amides is 1. The lowest BCUT2D eigenvalue weighted by molar-refractivity contribution is -0.138. The van der Waals surface area contributed by atoms with Gasteiger partial charge in [0.2, 0.25) is 0 Å². The molecule has 0 radical (unpaired) electrons. The number of carbonyl (C=O) groups excluding carboxylic acids is 1. The van der Waals surface area contributed by atoms with Gasteiger partial charge in [0.25, 0.3) is 11.9 Å². The Labute approximate surface area is 236 Å². The first kappa shape index (κ1) is 27.5. The van der Waals surface area contributed by atoms with Gasteiger partial charge in [0.15, 0.2) is 6.10 Å². The maximum absolute atomic E-state index is 13.8. The van der Waals surface area contributed by atoms with Crippen molar-refractivity contribution >= 4 is 34.5 Å². The van der Waals surface area contributed by atoms with Crippen LogP contribution in [-0.4, -0.2) is 51.5 Å². The Balaban J connectivity index is 1.79. The van der Waals surface area contributed by atoms with Crippen LogP contribution in [0, 0.1) is 20.8 Å². The van der Waals surface area contributed by atoms with Crippen LogP contribution in [0.1, 0.15) is 55.0 Å². The summed E-state index contributed by atoms with van der Waals surface area (Å²) in [7, 11) is 1.90. The number of carbonyl (C=O) groups is 1. The molecule has 0 aliphatic carbocycles. The molecule has 1 unspecified atom stereocenters. The first-order valence-electron chi connectivity index (χ1n) is 12.9. The highest BCUT2D eigenvalue weighted by Crippen LogP contribution is 2.42. The number of hydrogen-bond acceptors (Lipinski definition) is 7. The highest BCUT2D eigenvalue weighted by molar-refractivity contribution is 6.30. The second-order valence-corrected chi connectivity index (χ2v) is 11.3. The molecule has 4 heterocycles. The van der Waals surface area contributed by atoms with Crippen molar-refractivity contribution in [1.82, 2.24) is 40.0 Å². The van der Waals surface area contributed by atoms with Gasteiger partial charge in [-0.2, -0.15) is 10.3 Å². The number of aryl methyl sites for hydroxylation is 3. The largest absolute Gasteiger partial charge is 0.358 e. The van der Waals surface area contributed by atoms with Crippen molar-refractivity contribution in [3.8, 4) is 11.1 Å². The minimum atomic E-state index is -1.03. The van der Waals surface area contributed by atoms with Crippen molar-refractivity contribution in [2.45, 2.75) is 59.8 Å². The fraction of sp³-hybridized carbons (Fsp3) is 0.357. The van der Waals surface area contributed by atoms with E-state index in [0.717, 1.165) is 39.0 Å². The van der Waals surface area contributed by atoms with Gasteiger partial charge in [0.05, 0.1) is 18.3 Å². The summed E-state index contributed by atoms with van der Waals surface area (Å²) in [5, 5.41) is 22.3. The lowest BCUT2D eigenvalue weighted by atomic mass is 9.90. The number of ether oxygens (including phenoxy) is 1. The zero-order valence-electron chi connectivity index (χ0n) is 23.6. The Kier molecular flexibility index (Phi) is 7.19. The van der Waals surface area contributed by atoms with Gasteiger partial charge < -0.3 is 9.30 Å². The van der Waals surface area contributed by atoms with Gasteiger partial charge in [-0.15, -0.1) is 5.10 Å². The van der Waals surface area contributed by atoms with Gasteiger partial charge >= 0.3 is 0 Å². The van der Waals surface area contributed by atoms with Crippen LogP contribution in [0.5, 0.6) is 0 Å². The third-order valence-corrected chi connectivity index (χ3v) is 7.02. The number of benzene rings is 1. The first-order valence-corrected chi connectivity index (χ1v) is 13.3. The molecule has 11 nitrogen and oxygen atoms in total. The maximum Gasteiger partial charge on any atom is 0.269 e. The molecule has 0 aliphatic heterocycles. The molecule has 5 rings (SSSR count). The van der Waals surface area contributed by atoms with E-state index in [1.54, 1.807) is 4.68 Å². The molecule has 0 bridgehead atoms. The third-order valence-electron chi connectivity index (χ3n) is 6.77. The van der Waals surface area contributed by atoms with Crippen molar-refractivity contribution in [2.24, 2.45) is 7.05 Å². The van der Waals surface area contributed by atoms with Gasteiger partial charge in [-0.1, -0.05) is 28.8 Å². The fourth-order valence-electron chi connectivity index (χ4n) is 4.95. The number of aromatic amines is 1. The molecule has 0 fully saturated rings.